The highest BCUT2D eigenvalue weighted by Gasteiger charge is 2.70. The first kappa shape index (κ1) is 35.1. The van der Waals surface area contributed by atoms with Crippen LogP contribution in [0.5, 0.6) is 0 Å². The van der Waals surface area contributed by atoms with E-state index in [0.29, 0.717) is 18.9 Å². The molecule has 5 rings (SSSR count). The van der Waals surface area contributed by atoms with Gasteiger partial charge in [0, 0.05) is 36.6 Å². The van der Waals surface area contributed by atoms with Crippen molar-refractivity contribution < 1.29 is 28.7 Å². The van der Waals surface area contributed by atoms with E-state index < -0.39 is 5.41 Å². The Balaban J connectivity index is 1.38. The minimum absolute atomic E-state index is 0.0631. The number of ketones is 1. The second-order valence-electron chi connectivity index (χ2n) is 17.9. The van der Waals surface area contributed by atoms with E-state index >= 15 is 0 Å². The summed E-state index contributed by atoms with van der Waals surface area (Å²) < 4.78 is 10.6. The number of ether oxygens (including phenoxy) is 2. The van der Waals surface area contributed by atoms with Crippen molar-refractivity contribution in [1.29, 1.82) is 0 Å². The Hall–Kier alpha value is -2.18. The number of unbranched alkanes of at least 4 members (excludes halogenated alkanes) is 2. The zero-order chi connectivity index (χ0) is 33.9. The van der Waals surface area contributed by atoms with Crippen molar-refractivity contribution in [1.82, 2.24) is 5.32 Å². The van der Waals surface area contributed by atoms with Crippen LogP contribution in [0.2, 0.25) is 0 Å². The molecule has 9 atom stereocenters. The summed E-state index contributed by atoms with van der Waals surface area (Å²) >= 11 is 0. The molecule has 1 N–H and O–H groups in total. The molecule has 0 aliphatic heterocycles. The number of esters is 2. The molecule has 258 valence electrons. The Bertz CT molecular complexity index is 1290. The Labute approximate surface area is 277 Å². The van der Waals surface area contributed by atoms with Crippen LogP contribution in [0.15, 0.2) is 11.6 Å². The van der Waals surface area contributed by atoms with Crippen LogP contribution in [0.25, 0.3) is 0 Å². The molecular weight excluding hydrogens is 578 g/mol. The first-order chi connectivity index (χ1) is 21.4. The third-order valence-electron chi connectivity index (χ3n) is 14.9. The summed E-state index contributed by atoms with van der Waals surface area (Å²) in [6.45, 7) is 18.4. The molecular formula is C39H61NO6. The number of hydrogen-bond acceptors (Lipinski definition) is 6. The van der Waals surface area contributed by atoms with Crippen molar-refractivity contribution in [2.24, 2.45) is 50.2 Å². The highest BCUT2D eigenvalue weighted by Crippen LogP contribution is 2.75. The first-order valence-corrected chi connectivity index (χ1v) is 18.2. The number of rotatable bonds is 8. The average Bonchev–Trinajstić information content (AvgIpc) is 2.97. The number of nitrogens with one attached hydrogen (secondary N) is 1. The van der Waals surface area contributed by atoms with Crippen LogP contribution in [0, 0.1) is 50.2 Å². The summed E-state index contributed by atoms with van der Waals surface area (Å²) in [5, 5.41) is 3.23. The van der Waals surface area contributed by atoms with Crippen molar-refractivity contribution in [3.63, 3.8) is 0 Å². The fourth-order valence-electron chi connectivity index (χ4n) is 11.9. The van der Waals surface area contributed by atoms with Crippen LogP contribution in [0.3, 0.4) is 0 Å². The van der Waals surface area contributed by atoms with E-state index in [-0.39, 0.29) is 68.6 Å². The summed E-state index contributed by atoms with van der Waals surface area (Å²) in [4.78, 5) is 51.8. The maximum Gasteiger partial charge on any atom is 0.305 e. The first-order valence-electron chi connectivity index (χ1n) is 18.2. The minimum Gasteiger partial charge on any atom is -0.469 e. The summed E-state index contributed by atoms with van der Waals surface area (Å²) in [6, 6.07) is 0. The van der Waals surface area contributed by atoms with Crippen LogP contribution in [0.4, 0.5) is 0 Å². The van der Waals surface area contributed by atoms with E-state index in [4.69, 9.17) is 9.47 Å². The third kappa shape index (κ3) is 5.47. The average molecular weight is 640 g/mol. The Kier molecular flexibility index (Phi) is 9.21. The van der Waals surface area contributed by atoms with Crippen molar-refractivity contribution in [3.05, 3.63) is 11.6 Å². The van der Waals surface area contributed by atoms with Gasteiger partial charge in [-0.3, -0.25) is 19.2 Å². The summed E-state index contributed by atoms with van der Waals surface area (Å²) in [5.41, 5.74) is 0.318. The standard InChI is InChI=1S/C39H61NO6/c1-25(41)46-30-15-16-37(6)29(34(30,2)3)14-17-39(8)32(37)28(42)23-26-27-24-36(5,19-18-35(27,4)20-21-38(26,39)7)33(44)40-22-12-10-11-13-31(43)45-9/h23,27,29-30,32H,10-22,24H2,1-9H3,(H,40,44)/t27-,29-,30-,32+,35+,36-,37-,38+,39+/m0/s1. The van der Waals surface area contributed by atoms with E-state index in [0.717, 1.165) is 77.0 Å². The molecule has 0 heterocycles. The predicted octanol–water partition coefficient (Wildman–Crippen LogP) is 7.75. The van der Waals surface area contributed by atoms with Gasteiger partial charge in [0.2, 0.25) is 5.91 Å². The molecule has 0 radical (unpaired) electrons. The quantitative estimate of drug-likeness (QED) is 0.215. The number of methoxy groups -OCH3 is 1. The molecule has 0 aromatic heterocycles. The van der Waals surface area contributed by atoms with Gasteiger partial charge in [-0.15, -0.1) is 0 Å². The van der Waals surface area contributed by atoms with E-state index in [1.807, 2.05) is 0 Å². The van der Waals surface area contributed by atoms with E-state index in [9.17, 15) is 19.2 Å². The number of fused-ring (bicyclic) bond motifs is 7. The molecule has 0 bridgehead atoms. The van der Waals surface area contributed by atoms with E-state index in [1.54, 1.807) is 0 Å². The fourth-order valence-corrected chi connectivity index (χ4v) is 11.9. The summed E-state index contributed by atoms with van der Waals surface area (Å²) in [7, 11) is 1.41. The lowest BCUT2D eigenvalue weighted by atomic mass is 9.33. The molecule has 0 saturated heterocycles. The van der Waals surface area contributed by atoms with Gasteiger partial charge in [0.15, 0.2) is 5.78 Å². The molecule has 4 fully saturated rings. The summed E-state index contributed by atoms with van der Waals surface area (Å²) in [6.07, 6.45) is 13.4. The van der Waals surface area contributed by atoms with Crippen LogP contribution in [-0.2, 0) is 28.7 Å². The maximum atomic E-state index is 14.7. The molecule has 0 spiro atoms. The van der Waals surface area contributed by atoms with Crippen LogP contribution in [-0.4, -0.2) is 43.4 Å². The number of carbonyl (C=O) groups excluding carboxylic acids is 4. The number of hydrogen-bond donors (Lipinski definition) is 1. The number of carbonyl (C=O) groups is 4. The molecule has 0 unspecified atom stereocenters. The van der Waals surface area contributed by atoms with E-state index in [1.165, 1.54) is 19.6 Å². The highest BCUT2D eigenvalue weighted by molar-refractivity contribution is 5.95. The maximum absolute atomic E-state index is 14.7. The molecule has 0 aromatic rings. The zero-order valence-electron chi connectivity index (χ0n) is 30.2. The Morgan fingerprint density at radius 1 is 0.891 bits per heavy atom. The zero-order valence-corrected chi connectivity index (χ0v) is 30.2. The van der Waals surface area contributed by atoms with Crippen molar-refractivity contribution >= 4 is 23.6 Å². The fraction of sp³-hybridized carbons (Fsp3) is 0.846. The second kappa shape index (κ2) is 12.1. The topological polar surface area (TPSA) is 98.8 Å². The van der Waals surface area contributed by atoms with Gasteiger partial charge in [-0.05, 0) is 110 Å². The normalized spacial score (nSPS) is 42.7. The Morgan fingerprint density at radius 3 is 2.26 bits per heavy atom. The van der Waals surface area contributed by atoms with Gasteiger partial charge >= 0.3 is 11.9 Å². The van der Waals surface area contributed by atoms with Gasteiger partial charge < -0.3 is 14.8 Å². The van der Waals surface area contributed by atoms with Crippen molar-refractivity contribution in [3.8, 4) is 0 Å². The van der Waals surface area contributed by atoms with Gasteiger partial charge in [-0.2, -0.15) is 0 Å². The lowest BCUT2D eigenvalue weighted by molar-refractivity contribution is -0.210. The smallest absolute Gasteiger partial charge is 0.305 e. The van der Waals surface area contributed by atoms with Crippen molar-refractivity contribution in [2.75, 3.05) is 13.7 Å². The van der Waals surface area contributed by atoms with Crippen LogP contribution in [0.1, 0.15) is 139 Å². The molecule has 1 amide bonds. The monoisotopic (exact) mass is 639 g/mol. The predicted molar refractivity (Wildman–Crippen MR) is 178 cm³/mol. The minimum atomic E-state index is -0.473. The number of allylic oxidation sites excluding steroid dienone is 2. The lowest BCUT2D eigenvalue weighted by Gasteiger charge is -2.70. The van der Waals surface area contributed by atoms with Crippen LogP contribution >= 0.6 is 0 Å². The molecule has 7 nitrogen and oxygen atoms in total. The molecule has 7 heteroatoms. The molecule has 5 aliphatic carbocycles. The van der Waals surface area contributed by atoms with Gasteiger partial charge in [0.25, 0.3) is 0 Å². The highest BCUT2D eigenvalue weighted by atomic mass is 16.5. The second-order valence-corrected chi connectivity index (χ2v) is 17.9. The lowest BCUT2D eigenvalue weighted by Crippen LogP contribution is -2.66. The van der Waals surface area contributed by atoms with Gasteiger partial charge in [-0.1, -0.05) is 60.5 Å². The molecule has 5 aliphatic rings. The van der Waals surface area contributed by atoms with Gasteiger partial charge in [0.1, 0.15) is 6.10 Å². The molecule has 0 aromatic carbocycles. The SMILES string of the molecule is COC(=O)CCCCCNC(=O)[C@@]1(C)CC[C@]2(C)CC[C@]3(C)C(=CC(=O)[C@@H]4[C@@]5(C)CC[C@H](OC(C)=O)C(C)(C)[C@@H]5CC[C@]43C)[C@@H]2C1. The summed E-state index contributed by atoms with van der Waals surface area (Å²) in [5.74, 6) is 0.457. The van der Waals surface area contributed by atoms with E-state index in [2.05, 4.69) is 59.9 Å². The largest absolute Gasteiger partial charge is 0.469 e. The molecule has 4 saturated carbocycles. The van der Waals surface area contributed by atoms with Crippen LogP contribution < -0.4 is 5.32 Å². The third-order valence-corrected chi connectivity index (χ3v) is 14.9. The van der Waals surface area contributed by atoms with Crippen molar-refractivity contribution in [2.45, 2.75) is 145 Å². The molecule has 46 heavy (non-hydrogen) atoms. The Morgan fingerprint density at radius 2 is 1.59 bits per heavy atom. The van der Waals surface area contributed by atoms with Gasteiger partial charge in [0.05, 0.1) is 7.11 Å². The number of amides is 1. The van der Waals surface area contributed by atoms with Gasteiger partial charge in [-0.25, -0.2) is 0 Å².